The van der Waals surface area contributed by atoms with E-state index in [-0.39, 0.29) is 0 Å². The Kier molecular flexibility index (Phi) is 4.52. The molecule has 1 N–H and O–H groups in total. The van der Waals surface area contributed by atoms with E-state index in [1.54, 1.807) is 14.2 Å². The van der Waals surface area contributed by atoms with Crippen molar-refractivity contribution in [2.75, 3.05) is 26.1 Å². The summed E-state index contributed by atoms with van der Waals surface area (Å²) in [4.78, 5) is 0. The fraction of sp³-hybridized carbons (Fsp3) is 0.318. The molecule has 0 bridgehead atoms. The Bertz CT molecular complexity index is 976. The molecule has 0 saturated carbocycles. The standard InChI is InChI=1S/C22H25N3O2/c1-14(2)16-7-5-6-8-19(16)25-22-18(11-12-23-22)21(24-25)17-10-9-15(26-3)13-20(17)27-4/h5-10,13-14,23H,11-12H2,1-4H3. The lowest BCUT2D eigenvalue weighted by molar-refractivity contribution is 0.395. The number of hydrogen-bond acceptors (Lipinski definition) is 4. The van der Waals surface area contributed by atoms with Crippen molar-refractivity contribution in [3.8, 4) is 28.4 Å². The van der Waals surface area contributed by atoms with Crippen molar-refractivity contribution in [3.63, 3.8) is 0 Å². The van der Waals surface area contributed by atoms with Crippen LogP contribution in [0.5, 0.6) is 11.5 Å². The summed E-state index contributed by atoms with van der Waals surface area (Å²) in [5, 5.41) is 8.53. The van der Waals surface area contributed by atoms with Crippen LogP contribution in [0.2, 0.25) is 0 Å². The van der Waals surface area contributed by atoms with Crippen LogP contribution in [0.25, 0.3) is 16.9 Å². The quantitative estimate of drug-likeness (QED) is 0.717. The summed E-state index contributed by atoms with van der Waals surface area (Å²) in [6.45, 7) is 5.34. The second-order valence-corrected chi connectivity index (χ2v) is 7.04. The number of hydrogen-bond donors (Lipinski definition) is 1. The highest BCUT2D eigenvalue weighted by Gasteiger charge is 2.26. The summed E-state index contributed by atoms with van der Waals surface area (Å²) in [6.07, 6.45) is 0.948. The molecule has 1 aromatic heterocycles. The van der Waals surface area contributed by atoms with Crippen LogP contribution in [0.4, 0.5) is 5.82 Å². The summed E-state index contributed by atoms with van der Waals surface area (Å²) in [5.74, 6) is 3.04. The third-order valence-corrected chi connectivity index (χ3v) is 5.10. The molecule has 3 aromatic rings. The summed E-state index contributed by atoms with van der Waals surface area (Å²) in [6, 6.07) is 14.4. The monoisotopic (exact) mass is 363 g/mol. The summed E-state index contributed by atoms with van der Waals surface area (Å²) in [5.41, 5.74) is 5.59. The molecule has 0 spiro atoms. The highest BCUT2D eigenvalue weighted by atomic mass is 16.5. The van der Waals surface area contributed by atoms with Crippen molar-refractivity contribution in [2.24, 2.45) is 0 Å². The Hall–Kier alpha value is -2.95. The Morgan fingerprint density at radius 1 is 1.07 bits per heavy atom. The van der Waals surface area contributed by atoms with Gasteiger partial charge in [0.15, 0.2) is 0 Å². The zero-order valence-corrected chi connectivity index (χ0v) is 16.2. The Morgan fingerprint density at radius 2 is 1.89 bits per heavy atom. The Labute approximate surface area is 159 Å². The summed E-state index contributed by atoms with van der Waals surface area (Å²) in [7, 11) is 3.34. The highest BCUT2D eigenvalue weighted by molar-refractivity contribution is 5.77. The first-order valence-electron chi connectivity index (χ1n) is 9.31. The number of ether oxygens (including phenoxy) is 2. The average Bonchev–Trinajstić information content (AvgIpc) is 3.30. The third-order valence-electron chi connectivity index (χ3n) is 5.10. The number of aromatic nitrogens is 2. The molecule has 140 valence electrons. The molecule has 0 unspecified atom stereocenters. The molecule has 0 saturated heterocycles. The van der Waals surface area contributed by atoms with Gasteiger partial charge in [0.05, 0.1) is 19.9 Å². The van der Waals surface area contributed by atoms with Gasteiger partial charge in [-0.05, 0) is 36.1 Å². The van der Waals surface area contributed by atoms with Crippen molar-refractivity contribution in [1.29, 1.82) is 0 Å². The maximum Gasteiger partial charge on any atom is 0.133 e. The van der Waals surface area contributed by atoms with E-state index in [9.17, 15) is 0 Å². The van der Waals surface area contributed by atoms with Gasteiger partial charge < -0.3 is 14.8 Å². The molecule has 0 fully saturated rings. The van der Waals surface area contributed by atoms with Crippen molar-refractivity contribution in [3.05, 3.63) is 53.6 Å². The minimum Gasteiger partial charge on any atom is -0.497 e. The van der Waals surface area contributed by atoms with Crippen molar-refractivity contribution < 1.29 is 9.47 Å². The maximum atomic E-state index is 5.63. The molecule has 5 nitrogen and oxygen atoms in total. The van der Waals surface area contributed by atoms with Crippen LogP contribution in [0.1, 0.15) is 30.9 Å². The fourth-order valence-corrected chi connectivity index (χ4v) is 3.73. The predicted molar refractivity (Wildman–Crippen MR) is 108 cm³/mol. The second-order valence-electron chi connectivity index (χ2n) is 7.04. The van der Waals surface area contributed by atoms with E-state index < -0.39 is 0 Å². The third kappa shape index (κ3) is 2.93. The van der Waals surface area contributed by atoms with Gasteiger partial charge in [-0.1, -0.05) is 32.0 Å². The number of methoxy groups -OCH3 is 2. The van der Waals surface area contributed by atoms with Crippen LogP contribution in [-0.2, 0) is 6.42 Å². The van der Waals surface area contributed by atoms with Crippen LogP contribution in [0.3, 0.4) is 0 Å². The van der Waals surface area contributed by atoms with Gasteiger partial charge in [-0.3, -0.25) is 0 Å². The van der Waals surface area contributed by atoms with Gasteiger partial charge in [0.25, 0.3) is 0 Å². The first kappa shape index (κ1) is 17.5. The van der Waals surface area contributed by atoms with Crippen molar-refractivity contribution in [2.45, 2.75) is 26.2 Å². The van der Waals surface area contributed by atoms with Crippen molar-refractivity contribution >= 4 is 5.82 Å². The number of para-hydroxylation sites is 1. The van der Waals surface area contributed by atoms with E-state index in [0.717, 1.165) is 47.2 Å². The largest absolute Gasteiger partial charge is 0.497 e. The van der Waals surface area contributed by atoms with Gasteiger partial charge in [-0.25, -0.2) is 4.68 Å². The molecule has 27 heavy (non-hydrogen) atoms. The molecule has 2 aromatic carbocycles. The van der Waals surface area contributed by atoms with E-state index in [1.807, 2.05) is 18.2 Å². The predicted octanol–water partition coefficient (Wildman–Crippen LogP) is 4.65. The highest BCUT2D eigenvalue weighted by Crippen LogP contribution is 2.40. The molecule has 0 radical (unpaired) electrons. The normalized spacial score (nSPS) is 12.8. The van der Waals surface area contributed by atoms with E-state index >= 15 is 0 Å². The van der Waals surface area contributed by atoms with Gasteiger partial charge in [0.2, 0.25) is 0 Å². The minimum absolute atomic E-state index is 0.418. The minimum atomic E-state index is 0.418. The smallest absolute Gasteiger partial charge is 0.133 e. The van der Waals surface area contributed by atoms with Crippen LogP contribution in [-0.4, -0.2) is 30.5 Å². The van der Waals surface area contributed by atoms with Crippen molar-refractivity contribution in [1.82, 2.24) is 9.78 Å². The lowest BCUT2D eigenvalue weighted by atomic mass is 10.0. The van der Waals surface area contributed by atoms with E-state index in [1.165, 1.54) is 11.1 Å². The van der Waals surface area contributed by atoms with Crippen LogP contribution in [0, 0.1) is 0 Å². The average molecular weight is 363 g/mol. The molecule has 5 heteroatoms. The van der Waals surface area contributed by atoms with E-state index in [4.69, 9.17) is 14.6 Å². The fourth-order valence-electron chi connectivity index (χ4n) is 3.73. The SMILES string of the molecule is COc1ccc(-c2nn(-c3ccccc3C(C)C)c3c2CCN3)c(OC)c1. The number of nitrogens with zero attached hydrogens (tertiary/aromatic N) is 2. The topological polar surface area (TPSA) is 48.3 Å². The van der Waals surface area contributed by atoms with E-state index in [2.05, 4.69) is 48.1 Å². The summed E-state index contributed by atoms with van der Waals surface area (Å²) < 4.78 is 13.0. The zero-order valence-electron chi connectivity index (χ0n) is 16.2. The number of fused-ring (bicyclic) bond motifs is 1. The van der Waals surface area contributed by atoms with Gasteiger partial charge in [-0.2, -0.15) is 5.10 Å². The zero-order chi connectivity index (χ0) is 19.0. The van der Waals surface area contributed by atoms with Crippen LogP contribution in [0.15, 0.2) is 42.5 Å². The molecular weight excluding hydrogens is 338 g/mol. The lowest BCUT2D eigenvalue weighted by Crippen LogP contribution is -2.07. The van der Waals surface area contributed by atoms with Crippen LogP contribution < -0.4 is 14.8 Å². The molecule has 0 amide bonds. The number of anilines is 1. The molecule has 1 aliphatic rings. The first-order chi connectivity index (χ1) is 13.1. The molecule has 4 rings (SSSR count). The molecule has 2 heterocycles. The number of benzene rings is 2. The summed E-state index contributed by atoms with van der Waals surface area (Å²) >= 11 is 0. The lowest BCUT2D eigenvalue weighted by Gasteiger charge is -2.14. The maximum absolute atomic E-state index is 5.63. The number of nitrogens with one attached hydrogen (secondary N) is 1. The first-order valence-corrected chi connectivity index (χ1v) is 9.31. The van der Waals surface area contributed by atoms with Gasteiger partial charge in [0.1, 0.15) is 23.0 Å². The van der Waals surface area contributed by atoms with Gasteiger partial charge in [-0.15, -0.1) is 0 Å². The molecular formula is C22H25N3O2. The van der Waals surface area contributed by atoms with E-state index in [0.29, 0.717) is 5.92 Å². The molecule has 0 aliphatic carbocycles. The Balaban J connectivity index is 1.91. The molecule has 0 atom stereocenters. The number of rotatable bonds is 5. The van der Waals surface area contributed by atoms with Crippen LogP contribution >= 0.6 is 0 Å². The molecule has 1 aliphatic heterocycles. The van der Waals surface area contributed by atoms with Gasteiger partial charge in [0, 0.05) is 23.7 Å². The van der Waals surface area contributed by atoms with Gasteiger partial charge >= 0.3 is 0 Å². The second kappa shape index (κ2) is 6.99. The Morgan fingerprint density at radius 3 is 2.63 bits per heavy atom.